The van der Waals surface area contributed by atoms with E-state index in [0.29, 0.717) is 35.2 Å². The van der Waals surface area contributed by atoms with Crippen LogP contribution in [-0.2, 0) is 14.3 Å². The van der Waals surface area contributed by atoms with Crippen LogP contribution in [0.1, 0.15) is 90.1 Å². The van der Waals surface area contributed by atoms with Gasteiger partial charge in [0.05, 0.1) is 25.6 Å². The molecule has 0 unspecified atom stereocenters. The van der Waals surface area contributed by atoms with Crippen molar-refractivity contribution in [3.8, 4) is 5.75 Å². The molecule has 0 radical (unpaired) electrons. The average Bonchev–Trinajstić information content (AvgIpc) is 3.41. The van der Waals surface area contributed by atoms with Crippen molar-refractivity contribution in [1.29, 1.82) is 0 Å². The summed E-state index contributed by atoms with van der Waals surface area (Å²) in [6, 6.07) is 7.07. The molecule has 2 aromatic heterocycles. The van der Waals surface area contributed by atoms with E-state index in [4.69, 9.17) is 24.0 Å². The van der Waals surface area contributed by atoms with Crippen molar-refractivity contribution in [1.82, 2.24) is 25.0 Å². The van der Waals surface area contributed by atoms with Crippen molar-refractivity contribution < 1.29 is 33.4 Å². The number of amides is 3. The van der Waals surface area contributed by atoms with Gasteiger partial charge in [-0.3, -0.25) is 9.63 Å². The molecule has 3 amide bonds. The Balaban J connectivity index is 1.77. The molecule has 0 bridgehead atoms. The van der Waals surface area contributed by atoms with E-state index in [1.54, 1.807) is 45.0 Å². The lowest BCUT2D eigenvalue weighted by atomic mass is 9.91. The van der Waals surface area contributed by atoms with Gasteiger partial charge in [-0.15, -0.1) is 0 Å². The number of alkyl carbamates (subject to hydrolysis) is 1. The number of ether oxygens (including phenoxy) is 3. The molecule has 0 spiro atoms. The van der Waals surface area contributed by atoms with E-state index in [9.17, 15) is 14.4 Å². The third-order valence-electron chi connectivity index (χ3n) is 7.63. The number of rotatable bonds is 9. The van der Waals surface area contributed by atoms with Gasteiger partial charge in [-0.05, 0) is 105 Å². The summed E-state index contributed by atoms with van der Waals surface area (Å²) in [6.45, 7) is 15.1. The molecule has 14 nitrogen and oxygen atoms in total. The average molecular weight is 668 g/mol. The van der Waals surface area contributed by atoms with E-state index in [0.717, 1.165) is 30.7 Å². The zero-order valence-corrected chi connectivity index (χ0v) is 29.7. The maximum Gasteiger partial charge on any atom is 0.420 e. The molecule has 2 N–H and O–H groups in total. The monoisotopic (exact) mass is 667 g/mol. The first kappa shape index (κ1) is 36.2. The van der Waals surface area contributed by atoms with Crippen LogP contribution < -0.4 is 20.3 Å². The Morgan fingerprint density at radius 2 is 1.56 bits per heavy atom. The highest BCUT2D eigenvalue weighted by Crippen LogP contribution is 2.36. The third kappa shape index (κ3) is 8.85. The Labute approximate surface area is 282 Å². The van der Waals surface area contributed by atoms with Crippen molar-refractivity contribution >= 4 is 41.1 Å². The molecule has 1 aliphatic rings. The third-order valence-corrected chi connectivity index (χ3v) is 7.63. The predicted molar refractivity (Wildman–Crippen MR) is 182 cm³/mol. The maximum absolute atomic E-state index is 14.0. The van der Waals surface area contributed by atoms with Crippen LogP contribution in [0.15, 0.2) is 30.5 Å². The zero-order chi connectivity index (χ0) is 35.4. The molecule has 1 saturated carbocycles. The number of nitrogens with zero attached hydrogens (tertiary/aromatic N) is 5. The number of anilines is 3. The molecule has 0 aliphatic heterocycles. The number of carbonyl (C=O) groups excluding carboxylic acids is 3. The van der Waals surface area contributed by atoms with Gasteiger partial charge in [-0.1, -0.05) is 0 Å². The minimum absolute atomic E-state index is 0.00682. The summed E-state index contributed by atoms with van der Waals surface area (Å²) in [5.41, 5.74) is 0.142. The van der Waals surface area contributed by atoms with Gasteiger partial charge in [-0.25, -0.2) is 24.5 Å². The standard InChI is InChI=1S/C34H49N7O7/c1-11-46-25-18-16-24(17-19-25)40(32(44)48-34(6,7)8)29-21(2)27(38-28-26(20-35-41(28)29)30(42)39(9)45-10)36-22-12-14-23(15-13-22)37-31(43)47-33(3,4)5/h16-20,22-23H,11-15H2,1-10H3,(H,36,38)(H,37,43)/t22-,23-. The highest BCUT2D eigenvalue weighted by atomic mass is 16.7. The van der Waals surface area contributed by atoms with Crippen molar-refractivity contribution in [3.05, 3.63) is 41.6 Å². The van der Waals surface area contributed by atoms with Gasteiger partial charge in [0, 0.05) is 24.7 Å². The number of nitrogens with one attached hydrogen (secondary N) is 2. The second kappa shape index (κ2) is 14.7. The Hall–Kier alpha value is -4.59. The first-order valence-electron chi connectivity index (χ1n) is 16.2. The van der Waals surface area contributed by atoms with E-state index in [1.807, 2.05) is 34.6 Å². The quantitative estimate of drug-likeness (QED) is 0.246. The lowest BCUT2D eigenvalue weighted by Gasteiger charge is -2.32. The molecule has 14 heteroatoms. The van der Waals surface area contributed by atoms with Gasteiger partial charge >= 0.3 is 12.2 Å². The smallest absolute Gasteiger partial charge is 0.420 e. The van der Waals surface area contributed by atoms with Crippen molar-refractivity contribution in [2.45, 2.75) is 104 Å². The molecule has 2 heterocycles. The van der Waals surface area contributed by atoms with E-state index < -0.39 is 29.3 Å². The number of carbonyl (C=O) groups is 3. The number of hydrogen-bond acceptors (Lipinski definition) is 10. The van der Waals surface area contributed by atoms with Gasteiger partial charge in [-0.2, -0.15) is 9.61 Å². The molecule has 3 aromatic rings. The minimum Gasteiger partial charge on any atom is -0.494 e. The van der Waals surface area contributed by atoms with Crippen LogP contribution in [-0.4, -0.2) is 81.8 Å². The molecule has 0 saturated heterocycles. The SMILES string of the molecule is CCOc1ccc(N(C(=O)OC(C)(C)C)c2c(C)c(N[C@H]3CC[C@H](NC(=O)OC(C)(C)C)CC3)nc3c(C(=O)N(C)OC)cnn23)cc1. The normalized spacial score (nSPS) is 16.6. The second-order valence-corrected chi connectivity index (χ2v) is 13.8. The Morgan fingerprint density at radius 3 is 2.12 bits per heavy atom. The van der Waals surface area contributed by atoms with E-state index in [2.05, 4.69) is 15.7 Å². The maximum atomic E-state index is 14.0. The molecule has 1 fully saturated rings. The summed E-state index contributed by atoms with van der Waals surface area (Å²) in [5.74, 6) is 1.02. The molecular formula is C34H49N7O7. The summed E-state index contributed by atoms with van der Waals surface area (Å²) in [6.07, 6.45) is 3.29. The number of benzene rings is 1. The molecule has 1 aromatic carbocycles. The largest absolute Gasteiger partial charge is 0.494 e. The summed E-state index contributed by atoms with van der Waals surface area (Å²) < 4.78 is 18.4. The van der Waals surface area contributed by atoms with Crippen LogP contribution in [0.2, 0.25) is 0 Å². The number of hydrogen-bond donors (Lipinski definition) is 2. The zero-order valence-electron chi connectivity index (χ0n) is 29.7. The fourth-order valence-corrected chi connectivity index (χ4v) is 5.39. The lowest BCUT2D eigenvalue weighted by Crippen LogP contribution is -2.42. The van der Waals surface area contributed by atoms with Gasteiger partial charge < -0.3 is 24.8 Å². The van der Waals surface area contributed by atoms with E-state index in [-0.39, 0.29) is 23.3 Å². The fraction of sp³-hybridized carbons (Fsp3) is 0.559. The van der Waals surface area contributed by atoms with Crippen LogP contribution in [0, 0.1) is 6.92 Å². The summed E-state index contributed by atoms with van der Waals surface area (Å²) in [5, 5.41) is 12.2. The number of fused-ring (bicyclic) bond motifs is 1. The van der Waals surface area contributed by atoms with Crippen LogP contribution in [0.3, 0.4) is 0 Å². The van der Waals surface area contributed by atoms with E-state index in [1.165, 1.54) is 29.8 Å². The number of aromatic nitrogens is 3. The highest BCUT2D eigenvalue weighted by Gasteiger charge is 2.33. The van der Waals surface area contributed by atoms with Gasteiger partial charge in [0.2, 0.25) is 0 Å². The fourth-order valence-electron chi connectivity index (χ4n) is 5.39. The Kier molecular flexibility index (Phi) is 11.1. The van der Waals surface area contributed by atoms with Crippen LogP contribution >= 0.6 is 0 Å². The summed E-state index contributed by atoms with van der Waals surface area (Å²) >= 11 is 0. The Bertz CT molecular complexity index is 1600. The minimum atomic E-state index is -0.805. The van der Waals surface area contributed by atoms with Gasteiger partial charge in [0.15, 0.2) is 11.5 Å². The van der Waals surface area contributed by atoms with Gasteiger partial charge in [0.25, 0.3) is 5.91 Å². The van der Waals surface area contributed by atoms with Crippen molar-refractivity contribution in [2.24, 2.45) is 0 Å². The molecule has 0 atom stereocenters. The van der Waals surface area contributed by atoms with E-state index >= 15 is 0 Å². The summed E-state index contributed by atoms with van der Waals surface area (Å²) in [4.78, 5) is 51.2. The van der Waals surface area contributed by atoms with Crippen LogP contribution in [0.25, 0.3) is 5.65 Å². The lowest BCUT2D eigenvalue weighted by molar-refractivity contribution is -0.0755. The van der Waals surface area contributed by atoms with Crippen molar-refractivity contribution in [2.75, 3.05) is 31.0 Å². The molecule has 48 heavy (non-hydrogen) atoms. The summed E-state index contributed by atoms with van der Waals surface area (Å²) in [7, 11) is 2.89. The van der Waals surface area contributed by atoms with Gasteiger partial charge in [0.1, 0.15) is 28.3 Å². The molecule has 1 aliphatic carbocycles. The molecule has 4 rings (SSSR count). The van der Waals surface area contributed by atoms with Crippen molar-refractivity contribution in [3.63, 3.8) is 0 Å². The number of hydroxylamine groups is 2. The Morgan fingerprint density at radius 1 is 0.958 bits per heavy atom. The predicted octanol–water partition coefficient (Wildman–Crippen LogP) is 6.39. The first-order chi connectivity index (χ1) is 22.5. The first-order valence-corrected chi connectivity index (χ1v) is 16.2. The second-order valence-electron chi connectivity index (χ2n) is 13.8. The highest BCUT2D eigenvalue weighted by molar-refractivity contribution is 6.01. The van der Waals surface area contributed by atoms with Crippen LogP contribution in [0.5, 0.6) is 5.75 Å². The molecular weight excluding hydrogens is 618 g/mol. The van der Waals surface area contributed by atoms with Crippen LogP contribution in [0.4, 0.5) is 26.9 Å². The molecule has 262 valence electrons. The topological polar surface area (TPSA) is 149 Å².